The number of alkyl halides is 1. The fourth-order valence-corrected chi connectivity index (χ4v) is 4.24. The zero-order valence-corrected chi connectivity index (χ0v) is 13.4. The summed E-state index contributed by atoms with van der Waals surface area (Å²) in [7, 11) is 1.67. The van der Waals surface area contributed by atoms with Crippen LogP contribution in [0.3, 0.4) is 0 Å². The maximum Gasteiger partial charge on any atom is 0.118 e. The second kappa shape index (κ2) is 6.09. The average molecular weight is 346 g/mol. The first-order chi connectivity index (χ1) is 8.60. The molecular formula is C14H14BrClOS. The van der Waals surface area contributed by atoms with Crippen molar-refractivity contribution in [1.82, 2.24) is 0 Å². The highest BCUT2D eigenvalue weighted by molar-refractivity contribution is 9.10. The van der Waals surface area contributed by atoms with Crippen LogP contribution >= 0.6 is 38.9 Å². The van der Waals surface area contributed by atoms with Gasteiger partial charge in [0.05, 0.1) is 12.5 Å². The third kappa shape index (κ3) is 3.28. The Labute approximate surface area is 125 Å². The molecule has 0 N–H and O–H groups in total. The SMILES string of the molecule is COc1ccc(CC(Cl)c2sc(C)cc2Br)cc1. The summed E-state index contributed by atoms with van der Waals surface area (Å²) >= 11 is 11.8. The summed E-state index contributed by atoms with van der Waals surface area (Å²) in [6.07, 6.45) is 0.824. The Morgan fingerprint density at radius 3 is 2.50 bits per heavy atom. The van der Waals surface area contributed by atoms with Gasteiger partial charge in [-0.25, -0.2) is 0 Å². The lowest BCUT2D eigenvalue weighted by Gasteiger charge is -2.09. The van der Waals surface area contributed by atoms with Crippen LogP contribution in [-0.4, -0.2) is 7.11 Å². The van der Waals surface area contributed by atoms with Crippen molar-refractivity contribution in [3.63, 3.8) is 0 Å². The molecule has 1 aromatic carbocycles. The highest BCUT2D eigenvalue weighted by Crippen LogP contribution is 2.37. The van der Waals surface area contributed by atoms with Gasteiger partial charge in [0.1, 0.15) is 5.75 Å². The van der Waals surface area contributed by atoms with Crippen LogP contribution in [0, 0.1) is 6.92 Å². The van der Waals surface area contributed by atoms with Gasteiger partial charge in [0, 0.05) is 14.2 Å². The van der Waals surface area contributed by atoms with Crippen LogP contribution in [0.2, 0.25) is 0 Å². The van der Waals surface area contributed by atoms with Gasteiger partial charge in [0.2, 0.25) is 0 Å². The minimum absolute atomic E-state index is 0.00599. The lowest BCUT2D eigenvalue weighted by Crippen LogP contribution is -1.94. The summed E-state index contributed by atoms with van der Waals surface area (Å²) in [4.78, 5) is 2.47. The van der Waals surface area contributed by atoms with Gasteiger partial charge in [-0.1, -0.05) is 12.1 Å². The summed E-state index contributed by atoms with van der Waals surface area (Å²) < 4.78 is 6.25. The highest BCUT2D eigenvalue weighted by atomic mass is 79.9. The van der Waals surface area contributed by atoms with E-state index in [2.05, 4.69) is 41.1 Å². The van der Waals surface area contributed by atoms with Crippen molar-refractivity contribution < 1.29 is 4.74 Å². The number of ether oxygens (including phenoxy) is 1. The van der Waals surface area contributed by atoms with Gasteiger partial charge in [0.15, 0.2) is 0 Å². The third-order valence-corrected chi connectivity index (χ3v) is 5.28. The molecule has 1 heterocycles. The van der Waals surface area contributed by atoms with Crippen molar-refractivity contribution in [2.75, 3.05) is 7.11 Å². The molecule has 0 bridgehead atoms. The lowest BCUT2D eigenvalue weighted by atomic mass is 10.1. The maximum absolute atomic E-state index is 6.48. The molecule has 2 aromatic rings. The Bertz CT molecular complexity index is 521. The molecule has 0 spiro atoms. The van der Waals surface area contributed by atoms with Crippen LogP contribution < -0.4 is 4.74 Å². The van der Waals surface area contributed by atoms with Gasteiger partial charge in [-0.15, -0.1) is 22.9 Å². The standard InChI is InChI=1S/C14H14BrClOS/c1-9-7-12(15)14(18-9)13(16)8-10-3-5-11(17-2)6-4-10/h3-7,13H,8H2,1-2H3. The van der Waals surface area contributed by atoms with Crippen LogP contribution in [0.4, 0.5) is 0 Å². The van der Waals surface area contributed by atoms with Crippen LogP contribution in [0.25, 0.3) is 0 Å². The van der Waals surface area contributed by atoms with Crippen LogP contribution in [0.15, 0.2) is 34.8 Å². The molecule has 0 aliphatic carbocycles. The molecule has 0 fully saturated rings. The Hall–Kier alpha value is -0.510. The monoisotopic (exact) mass is 344 g/mol. The zero-order chi connectivity index (χ0) is 13.1. The maximum atomic E-state index is 6.48. The number of thiophene rings is 1. The third-order valence-electron chi connectivity index (χ3n) is 2.69. The van der Waals surface area contributed by atoms with Gasteiger partial charge in [-0.2, -0.15) is 0 Å². The first-order valence-corrected chi connectivity index (χ1v) is 7.67. The fraction of sp³-hybridized carbons (Fsp3) is 0.286. The molecule has 18 heavy (non-hydrogen) atoms. The smallest absolute Gasteiger partial charge is 0.118 e. The number of methoxy groups -OCH3 is 1. The van der Waals surface area contributed by atoms with E-state index in [1.807, 2.05) is 12.1 Å². The van der Waals surface area contributed by atoms with Crippen molar-refractivity contribution in [2.24, 2.45) is 0 Å². The molecule has 0 amide bonds. The normalized spacial score (nSPS) is 12.4. The quantitative estimate of drug-likeness (QED) is 0.679. The molecule has 0 radical (unpaired) electrons. The van der Waals surface area contributed by atoms with Crippen molar-refractivity contribution in [1.29, 1.82) is 0 Å². The summed E-state index contributed by atoms with van der Waals surface area (Å²) in [5, 5.41) is 0.00599. The number of halogens is 2. The Morgan fingerprint density at radius 1 is 1.33 bits per heavy atom. The zero-order valence-electron chi connectivity index (χ0n) is 10.2. The van der Waals surface area contributed by atoms with Crippen molar-refractivity contribution in [2.45, 2.75) is 18.7 Å². The van der Waals surface area contributed by atoms with E-state index in [-0.39, 0.29) is 5.38 Å². The molecule has 1 nitrogen and oxygen atoms in total. The molecule has 0 aliphatic heterocycles. The average Bonchev–Trinajstić information content (AvgIpc) is 2.69. The Balaban J connectivity index is 2.10. The second-order valence-corrected chi connectivity index (χ2v) is 6.76. The van der Waals surface area contributed by atoms with E-state index in [4.69, 9.17) is 16.3 Å². The molecule has 1 atom stereocenters. The van der Waals surface area contributed by atoms with Gasteiger partial charge >= 0.3 is 0 Å². The molecule has 0 saturated carbocycles. The van der Waals surface area contributed by atoms with Gasteiger partial charge in [0.25, 0.3) is 0 Å². The summed E-state index contributed by atoms with van der Waals surface area (Å²) in [5.41, 5.74) is 1.22. The van der Waals surface area contributed by atoms with E-state index >= 15 is 0 Å². The minimum Gasteiger partial charge on any atom is -0.497 e. The van der Waals surface area contributed by atoms with E-state index in [0.717, 1.165) is 16.6 Å². The van der Waals surface area contributed by atoms with Crippen LogP contribution in [0.5, 0.6) is 5.75 Å². The van der Waals surface area contributed by atoms with E-state index in [1.165, 1.54) is 15.3 Å². The van der Waals surface area contributed by atoms with E-state index in [9.17, 15) is 0 Å². The predicted molar refractivity (Wildman–Crippen MR) is 82.0 cm³/mol. The molecule has 0 saturated heterocycles. The lowest BCUT2D eigenvalue weighted by molar-refractivity contribution is 0.414. The number of rotatable bonds is 4. The number of hydrogen-bond donors (Lipinski definition) is 0. The summed E-state index contributed by atoms with van der Waals surface area (Å²) in [6, 6.07) is 10.2. The predicted octanol–water partition coefficient (Wildman–Crippen LogP) is 5.35. The van der Waals surface area contributed by atoms with Crippen molar-refractivity contribution in [3.8, 4) is 5.75 Å². The van der Waals surface area contributed by atoms with E-state index in [0.29, 0.717) is 0 Å². The molecule has 2 rings (SSSR count). The van der Waals surface area contributed by atoms with Gasteiger partial charge < -0.3 is 4.74 Å². The Kier molecular flexibility index (Phi) is 4.71. The Morgan fingerprint density at radius 2 is 2.00 bits per heavy atom. The summed E-state index contributed by atoms with van der Waals surface area (Å²) in [5.74, 6) is 0.873. The van der Waals surface area contributed by atoms with Crippen molar-refractivity contribution in [3.05, 3.63) is 50.1 Å². The highest BCUT2D eigenvalue weighted by Gasteiger charge is 2.15. The molecule has 4 heteroatoms. The summed E-state index contributed by atoms with van der Waals surface area (Å²) in [6.45, 7) is 2.09. The molecule has 1 aromatic heterocycles. The second-order valence-electron chi connectivity index (χ2n) is 4.09. The minimum atomic E-state index is 0.00599. The van der Waals surface area contributed by atoms with E-state index < -0.39 is 0 Å². The topological polar surface area (TPSA) is 9.23 Å². The molecular weight excluding hydrogens is 332 g/mol. The molecule has 96 valence electrons. The largest absolute Gasteiger partial charge is 0.497 e. The van der Waals surface area contributed by atoms with Gasteiger partial charge in [-0.3, -0.25) is 0 Å². The van der Waals surface area contributed by atoms with Gasteiger partial charge in [-0.05, 0) is 53.0 Å². The van der Waals surface area contributed by atoms with Crippen molar-refractivity contribution >= 4 is 38.9 Å². The molecule has 0 aliphatic rings. The fourth-order valence-electron chi connectivity index (χ4n) is 1.78. The number of benzene rings is 1. The van der Waals surface area contributed by atoms with E-state index in [1.54, 1.807) is 18.4 Å². The molecule has 1 unspecified atom stereocenters. The first-order valence-electron chi connectivity index (χ1n) is 5.63. The van der Waals surface area contributed by atoms with Crippen LogP contribution in [0.1, 0.15) is 20.7 Å². The number of aryl methyl sites for hydroxylation is 1. The number of hydrogen-bond acceptors (Lipinski definition) is 2. The van der Waals surface area contributed by atoms with Crippen LogP contribution in [-0.2, 0) is 6.42 Å². The first kappa shape index (κ1) is 13.9.